The maximum absolute atomic E-state index is 6.10. The minimum absolute atomic E-state index is 0.492. The lowest BCUT2D eigenvalue weighted by Crippen LogP contribution is -2.29. The molecule has 0 aliphatic heterocycles. The normalized spacial score (nSPS) is 11.6. The van der Waals surface area contributed by atoms with E-state index in [9.17, 15) is 0 Å². The van der Waals surface area contributed by atoms with E-state index in [1.807, 2.05) is 32.9 Å². The number of rotatable bonds is 2. The van der Waals surface area contributed by atoms with Crippen LogP contribution in [0.4, 0.5) is 0 Å². The van der Waals surface area contributed by atoms with E-state index in [1.165, 1.54) is 0 Å². The molecule has 0 saturated heterocycles. The number of benzene rings is 1. The van der Waals surface area contributed by atoms with Crippen LogP contribution in [0.3, 0.4) is 0 Å². The molecule has 0 aromatic heterocycles. The van der Waals surface area contributed by atoms with Crippen LogP contribution < -0.4 is 10.5 Å². The second-order valence-corrected chi connectivity index (χ2v) is 4.40. The molecule has 2 nitrogen and oxygen atoms in total. The smallest absolute Gasteiger partial charge is 0.128 e. The van der Waals surface area contributed by atoms with Gasteiger partial charge in [0.2, 0.25) is 0 Å². The van der Waals surface area contributed by atoms with Crippen LogP contribution in [0.1, 0.15) is 25.0 Å². The van der Waals surface area contributed by atoms with Crippen molar-refractivity contribution in [3.63, 3.8) is 0 Å². The minimum Gasteiger partial charge on any atom is -0.496 e. The number of hydrogen-bond donors (Lipinski definition) is 1. The molecule has 0 aliphatic carbocycles. The highest BCUT2D eigenvalue weighted by molar-refractivity contribution is 6.31. The molecular formula is C11H16ClNO. The van der Waals surface area contributed by atoms with Crippen molar-refractivity contribution in [1.82, 2.24) is 0 Å². The summed E-state index contributed by atoms with van der Waals surface area (Å²) in [4.78, 5) is 0. The molecule has 0 heterocycles. The molecule has 0 saturated carbocycles. The molecule has 0 aliphatic rings. The molecule has 0 unspecified atom stereocenters. The van der Waals surface area contributed by atoms with Crippen LogP contribution in [0.2, 0.25) is 5.02 Å². The third kappa shape index (κ3) is 2.02. The van der Waals surface area contributed by atoms with Gasteiger partial charge in [0, 0.05) is 16.1 Å². The number of halogens is 1. The molecule has 0 atom stereocenters. The van der Waals surface area contributed by atoms with Crippen LogP contribution in [0.15, 0.2) is 12.1 Å². The average Bonchev–Trinajstić information content (AvgIpc) is 2.06. The van der Waals surface area contributed by atoms with Crippen molar-refractivity contribution in [2.24, 2.45) is 5.73 Å². The van der Waals surface area contributed by atoms with Crippen molar-refractivity contribution in [1.29, 1.82) is 0 Å². The van der Waals surface area contributed by atoms with Crippen LogP contribution in [-0.4, -0.2) is 7.11 Å². The molecule has 1 aromatic carbocycles. The van der Waals surface area contributed by atoms with Gasteiger partial charge in [-0.3, -0.25) is 0 Å². The van der Waals surface area contributed by atoms with Crippen molar-refractivity contribution in [2.75, 3.05) is 7.11 Å². The first kappa shape index (κ1) is 11.3. The predicted molar refractivity (Wildman–Crippen MR) is 60.0 cm³/mol. The molecule has 14 heavy (non-hydrogen) atoms. The molecule has 78 valence electrons. The van der Waals surface area contributed by atoms with Gasteiger partial charge in [0.1, 0.15) is 5.75 Å². The topological polar surface area (TPSA) is 35.2 Å². The Bertz CT molecular complexity index is 342. The van der Waals surface area contributed by atoms with Crippen LogP contribution in [0.25, 0.3) is 0 Å². The molecular weight excluding hydrogens is 198 g/mol. The summed E-state index contributed by atoms with van der Waals surface area (Å²) < 4.78 is 5.32. The molecule has 0 fully saturated rings. The summed E-state index contributed by atoms with van der Waals surface area (Å²) in [6, 6.07) is 3.78. The van der Waals surface area contributed by atoms with Gasteiger partial charge in [0.15, 0.2) is 0 Å². The lowest BCUT2D eigenvalue weighted by molar-refractivity contribution is 0.391. The predicted octanol–water partition coefficient (Wildman–Crippen LogP) is 2.85. The molecule has 3 heteroatoms. The number of nitrogens with two attached hydrogens (primary N) is 1. The Morgan fingerprint density at radius 1 is 1.36 bits per heavy atom. The zero-order valence-corrected chi connectivity index (χ0v) is 9.77. The Morgan fingerprint density at radius 2 is 1.93 bits per heavy atom. The number of methoxy groups -OCH3 is 1. The fourth-order valence-electron chi connectivity index (χ4n) is 1.53. The van der Waals surface area contributed by atoms with Gasteiger partial charge in [-0.05, 0) is 32.4 Å². The molecule has 0 radical (unpaired) electrons. The van der Waals surface area contributed by atoms with E-state index in [0.29, 0.717) is 5.02 Å². The minimum atomic E-state index is -0.492. The van der Waals surface area contributed by atoms with Crippen LogP contribution in [0.5, 0.6) is 5.75 Å². The molecule has 1 aromatic rings. The van der Waals surface area contributed by atoms with Gasteiger partial charge in [-0.25, -0.2) is 0 Å². The average molecular weight is 214 g/mol. The summed E-state index contributed by atoms with van der Waals surface area (Å²) in [7, 11) is 1.63. The van der Waals surface area contributed by atoms with Gasteiger partial charge in [-0.2, -0.15) is 0 Å². The number of aryl methyl sites for hydroxylation is 1. The summed E-state index contributed by atoms with van der Waals surface area (Å²) >= 11 is 6.10. The number of hydrogen-bond acceptors (Lipinski definition) is 2. The number of ether oxygens (including phenoxy) is 1. The third-order valence-electron chi connectivity index (χ3n) is 2.15. The second kappa shape index (κ2) is 3.79. The first-order valence-corrected chi connectivity index (χ1v) is 4.88. The van der Waals surface area contributed by atoms with E-state index in [4.69, 9.17) is 22.1 Å². The molecule has 0 bridgehead atoms. The summed E-state index contributed by atoms with van der Waals surface area (Å²) in [5, 5.41) is 0.653. The highest BCUT2D eigenvalue weighted by atomic mass is 35.5. The van der Waals surface area contributed by atoms with Crippen LogP contribution >= 0.6 is 11.6 Å². The Hall–Kier alpha value is -0.730. The van der Waals surface area contributed by atoms with Crippen molar-refractivity contribution in [2.45, 2.75) is 26.3 Å². The summed E-state index contributed by atoms with van der Waals surface area (Å²) in [5.74, 6) is 0.782. The zero-order chi connectivity index (χ0) is 10.9. The quantitative estimate of drug-likeness (QED) is 0.820. The fraction of sp³-hybridized carbons (Fsp3) is 0.455. The maximum atomic E-state index is 6.10. The molecule has 2 N–H and O–H groups in total. The van der Waals surface area contributed by atoms with Crippen LogP contribution in [-0.2, 0) is 5.54 Å². The molecule has 0 amide bonds. The van der Waals surface area contributed by atoms with E-state index in [1.54, 1.807) is 7.11 Å². The fourth-order valence-corrected chi connectivity index (χ4v) is 1.92. The van der Waals surface area contributed by atoms with Gasteiger partial charge >= 0.3 is 0 Å². The van der Waals surface area contributed by atoms with E-state index >= 15 is 0 Å². The Balaban J connectivity index is 3.46. The largest absolute Gasteiger partial charge is 0.496 e. The summed E-state index contributed by atoms with van der Waals surface area (Å²) in [5.41, 5.74) is 7.46. The SMILES string of the molecule is COc1c(C)ccc(Cl)c1C(C)(C)N. The van der Waals surface area contributed by atoms with Gasteiger partial charge in [-0.15, -0.1) is 0 Å². The van der Waals surface area contributed by atoms with Crippen molar-refractivity contribution in [3.8, 4) is 5.75 Å². The van der Waals surface area contributed by atoms with Gasteiger partial charge < -0.3 is 10.5 Å². The van der Waals surface area contributed by atoms with Gasteiger partial charge in [0.25, 0.3) is 0 Å². The Kier molecular flexibility index (Phi) is 3.07. The van der Waals surface area contributed by atoms with E-state index in [0.717, 1.165) is 16.9 Å². The van der Waals surface area contributed by atoms with Gasteiger partial charge in [-0.1, -0.05) is 17.7 Å². The standard InChI is InChI=1S/C11H16ClNO/c1-7-5-6-8(12)9(10(7)14-4)11(2,3)13/h5-6H,13H2,1-4H3. The highest BCUT2D eigenvalue weighted by Gasteiger charge is 2.23. The zero-order valence-electron chi connectivity index (χ0n) is 9.02. The summed E-state index contributed by atoms with van der Waals surface area (Å²) in [6.07, 6.45) is 0. The first-order valence-electron chi connectivity index (χ1n) is 4.50. The van der Waals surface area contributed by atoms with E-state index in [-0.39, 0.29) is 0 Å². The Labute approximate surface area is 90.0 Å². The van der Waals surface area contributed by atoms with E-state index < -0.39 is 5.54 Å². The Morgan fingerprint density at radius 3 is 2.29 bits per heavy atom. The molecule has 0 spiro atoms. The van der Waals surface area contributed by atoms with E-state index in [2.05, 4.69) is 0 Å². The van der Waals surface area contributed by atoms with Crippen molar-refractivity contribution < 1.29 is 4.74 Å². The maximum Gasteiger partial charge on any atom is 0.128 e. The van der Waals surface area contributed by atoms with Crippen molar-refractivity contribution in [3.05, 3.63) is 28.3 Å². The highest BCUT2D eigenvalue weighted by Crippen LogP contribution is 2.36. The third-order valence-corrected chi connectivity index (χ3v) is 2.47. The lowest BCUT2D eigenvalue weighted by Gasteiger charge is -2.24. The molecule has 1 rings (SSSR count). The summed E-state index contributed by atoms with van der Waals surface area (Å²) in [6.45, 7) is 5.80. The van der Waals surface area contributed by atoms with Crippen LogP contribution in [0, 0.1) is 6.92 Å². The second-order valence-electron chi connectivity index (χ2n) is 3.99. The van der Waals surface area contributed by atoms with Gasteiger partial charge in [0.05, 0.1) is 7.11 Å². The first-order chi connectivity index (χ1) is 6.38. The monoisotopic (exact) mass is 213 g/mol. The van der Waals surface area contributed by atoms with Crippen molar-refractivity contribution >= 4 is 11.6 Å². The lowest BCUT2D eigenvalue weighted by atomic mass is 9.93.